The van der Waals surface area contributed by atoms with Gasteiger partial charge in [-0.2, -0.15) is 0 Å². The van der Waals surface area contributed by atoms with Crippen LogP contribution in [0.2, 0.25) is 5.15 Å². The van der Waals surface area contributed by atoms with E-state index < -0.39 is 66.2 Å². The first-order valence-electron chi connectivity index (χ1n) is 11.0. The highest BCUT2D eigenvalue weighted by atomic mass is 35.5. The number of esters is 5. The number of rotatable bonds is 12. The molecule has 0 aliphatic rings. The summed E-state index contributed by atoms with van der Waals surface area (Å²) in [4.78, 5) is 72.3. The molecule has 0 amide bonds. The highest BCUT2D eigenvalue weighted by Crippen LogP contribution is 2.35. The Morgan fingerprint density at radius 1 is 0.816 bits per heavy atom. The quantitative estimate of drug-likeness (QED) is 0.203. The van der Waals surface area contributed by atoms with Crippen LogP contribution < -0.4 is 0 Å². The molecule has 2 rings (SSSR count). The first kappa shape index (κ1) is 30.8. The van der Waals surface area contributed by atoms with Crippen molar-refractivity contribution in [3.05, 3.63) is 17.8 Å². The summed E-state index contributed by atoms with van der Waals surface area (Å²) in [5.74, 6) is -3.97. The van der Waals surface area contributed by atoms with Gasteiger partial charge in [0.2, 0.25) is 0 Å². The van der Waals surface area contributed by atoms with Crippen LogP contribution in [0.3, 0.4) is 0 Å². The number of aromatic nitrogens is 4. The van der Waals surface area contributed by atoms with Crippen LogP contribution in [-0.4, -0.2) is 86.6 Å². The highest BCUT2D eigenvalue weighted by molar-refractivity contribution is 7.98. The van der Waals surface area contributed by atoms with Gasteiger partial charge >= 0.3 is 29.8 Å². The summed E-state index contributed by atoms with van der Waals surface area (Å²) in [6.45, 7) is 4.94. The molecule has 0 bridgehead atoms. The molecule has 0 aromatic carbocycles. The Balaban J connectivity index is 2.72. The number of thioether (sulfide) groups is 1. The van der Waals surface area contributed by atoms with Gasteiger partial charge in [-0.05, 0) is 6.26 Å². The van der Waals surface area contributed by atoms with Crippen LogP contribution >= 0.6 is 23.4 Å². The van der Waals surface area contributed by atoms with Crippen LogP contribution in [0.5, 0.6) is 0 Å². The van der Waals surface area contributed by atoms with Gasteiger partial charge in [-0.15, -0.1) is 11.8 Å². The van der Waals surface area contributed by atoms with Crippen molar-refractivity contribution in [3.8, 4) is 0 Å². The Labute approximate surface area is 226 Å². The number of imidazole rings is 1. The fourth-order valence-corrected chi connectivity index (χ4v) is 4.60. The number of hydrogen-bond donors (Lipinski definition) is 0. The van der Waals surface area contributed by atoms with Gasteiger partial charge in [0.05, 0.1) is 6.33 Å². The van der Waals surface area contributed by atoms with Gasteiger partial charge in [-0.3, -0.25) is 28.5 Å². The average Bonchev–Trinajstić information content (AvgIpc) is 3.23. The van der Waals surface area contributed by atoms with Crippen molar-refractivity contribution in [1.82, 2.24) is 19.5 Å². The molecular weight excluding hydrogens is 548 g/mol. The number of halogens is 1. The number of ether oxygens (including phenoxy) is 5. The molecule has 0 fully saturated rings. The van der Waals surface area contributed by atoms with Gasteiger partial charge in [0.1, 0.15) is 23.8 Å². The minimum atomic E-state index is -1.58. The van der Waals surface area contributed by atoms with E-state index in [0.29, 0.717) is 0 Å². The van der Waals surface area contributed by atoms with Crippen LogP contribution in [0.15, 0.2) is 12.7 Å². The van der Waals surface area contributed by atoms with Crippen molar-refractivity contribution in [2.24, 2.45) is 0 Å². The maximum absolute atomic E-state index is 12.3. The molecule has 0 saturated heterocycles. The molecule has 0 N–H and O–H groups in total. The van der Waals surface area contributed by atoms with E-state index in [2.05, 4.69) is 15.0 Å². The average molecular weight is 575 g/mol. The van der Waals surface area contributed by atoms with E-state index in [1.54, 1.807) is 6.26 Å². The predicted molar refractivity (Wildman–Crippen MR) is 132 cm³/mol. The second-order valence-corrected chi connectivity index (χ2v) is 9.10. The Hall–Kier alpha value is -3.46. The lowest BCUT2D eigenvalue weighted by atomic mass is 10.0. The lowest BCUT2D eigenvalue weighted by Gasteiger charge is -2.38. The molecule has 2 aromatic heterocycles. The van der Waals surface area contributed by atoms with Crippen molar-refractivity contribution in [1.29, 1.82) is 0 Å². The van der Waals surface area contributed by atoms with Crippen molar-refractivity contribution in [3.63, 3.8) is 0 Å². The van der Waals surface area contributed by atoms with E-state index in [1.165, 1.54) is 17.2 Å². The largest absolute Gasteiger partial charge is 0.462 e. The summed E-state index contributed by atoms with van der Waals surface area (Å²) >= 11 is 7.29. The molecule has 0 aliphatic carbocycles. The predicted octanol–water partition coefficient (Wildman–Crippen LogP) is 1.63. The van der Waals surface area contributed by atoms with E-state index in [1.807, 2.05) is 0 Å². The zero-order valence-corrected chi connectivity index (χ0v) is 23.0. The zero-order valence-electron chi connectivity index (χ0n) is 21.4. The molecule has 38 heavy (non-hydrogen) atoms. The summed E-state index contributed by atoms with van der Waals surface area (Å²) in [6, 6.07) is 0. The monoisotopic (exact) mass is 574 g/mol. The summed E-state index contributed by atoms with van der Waals surface area (Å²) in [5, 5.41) is -0.827. The molecule has 14 nitrogen and oxygen atoms in total. The molecule has 2 aromatic rings. The molecule has 0 unspecified atom stereocenters. The molecule has 5 atom stereocenters. The zero-order chi connectivity index (χ0) is 28.6. The number of nitrogens with zero attached hydrogens (tertiary/aromatic N) is 4. The van der Waals surface area contributed by atoms with Crippen LogP contribution in [0, 0.1) is 0 Å². The minimum Gasteiger partial charge on any atom is -0.462 e. The second-order valence-electron chi connectivity index (χ2n) is 7.79. The summed E-state index contributed by atoms with van der Waals surface area (Å²) < 4.78 is 28.4. The molecule has 0 aliphatic heterocycles. The van der Waals surface area contributed by atoms with Crippen LogP contribution in [0.4, 0.5) is 0 Å². The van der Waals surface area contributed by atoms with Crippen molar-refractivity contribution in [2.75, 3.05) is 12.9 Å². The Kier molecular flexibility index (Phi) is 11.3. The number of carbonyl (C=O) groups excluding carboxylic acids is 5. The Bertz CT molecular complexity index is 1190. The molecule has 2 heterocycles. The lowest BCUT2D eigenvalue weighted by Crippen LogP contribution is -2.54. The number of hydrogen-bond acceptors (Lipinski definition) is 14. The first-order chi connectivity index (χ1) is 17.8. The summed E-state index contributed by atoms with van der Waals surface area (Å²) in [6.07, 6.45) is -1.71. The molecule has 0 radical (unpaired) electrons. The second kappa shape index (κ2) is 13.9. The summed E-state index contributed by atoms with van der Waals surface area (Å²) in [7, 11) is 0. The number of carbonyl (C=O) groups is 5. The topological polar surface area (TPSA) is 175 Å². The SMILES string of the molecule is CS[C@@H]([C@@H](OC(C)=O)[C@@H](OC(C)=O)[C@@H](OC(C)=O)[C@H](COC(C)=O)OC(C)=O)n1cnc2c(Cl)ncnc21. The van der Waals surface area contributed by atoms with Gasteiger partial charge in [0, 0.05) is 34.6 Å². The van der Waals surface area contributed by atoms with E-state index >= 15 is 0 Å². The third-order valence-corrected chi connectivity index (χ3v) is 6.05. The van der Waals surface area contributed by atoms with Crippen LogP contribution in [0.1, 0.15) is 40.0 Å². The van der Waals surface area contributed by atoms with E-state index in [-0.39, 0.29) is 16.3 Å². The fourth-order valence-electron chi connectivity index (χ4n) is 3.56. The minimum absolute atomic E-state index is 0.0725. The van der Waals surface area contributed by atoms with Crippen LogP contribution in [-0.2, 0) is 47.7 Å². The van der Waals surface area contributed by atoms with Gasteiger partial charge in [-0.25, -0.2) is 15.0 Å². The maximum Gasteiger partial charge on any atom is 0.303 e. The van der Waals surface area contributed by atoms with Gasteiger partial charge in [0.25, 0.3) is 0 Å². The first-order valence-corrected chi connectivity index (χ1v) is 12.7. The smallest absolute Gasteiger partial charge is 0.303 e. The lowest BCUT2D eigenvalue weighted by molar-refractivity contribution is -0.203. The van der Waals surface area contributed by atoms with Gasteiger partial charge < -0.3 is 23.7 Å². The van der Waals surface area contributed by atoms with Gasteiger partial charge in [-0.1, -0.05) is 11.6 Å². The van der Waals surface area contributed by atoms with Crippen LogP contribution in [0.25, 0.3) is 11.2 Å². The van der Waals surface area contributed by atoms with Crippen molar-refractivity contribution in [2.45, 2.75) is 64.4 Å². The van der Waals surface area contributed by atoms with E-state index in [9.17, 15) is 24.0 Å². The standard InChI is InChI=1S/C22H27ClN4O10S/c1-10(28)33-7-15(34-11(2)29)17(35-12(3)30)18(36-13(4)31)19(37-14(5)32)22(38-6)27-9-26-16-20(23)24-8-25-21(16)27/h8-9,15,17-19,22H,7H2,1-6H3/t15-,17-,18-,19-,22-/m0/s1. The van der Waals surface area contributed by atoms with E-state index in [0.717, 1.165) is 46.4 Å². The van der Waals surface area contributed by atoms with E-state index in [4.69, 9.17) is 35.3 Å². The van der Waals surface area contributed by atoms with Crippen molar-refractivity contribution < 1.29 is 47.7 Å². The highest BCUT2D eigenvalue weighted by Gasteiger charge is 2.47. The van der Waals surface area contributed by atoms with Crippen molar-refractivity contribution >= 4 is 64.4 Å². The third kappa shape index (κ3) is 8.28. The molecule has 208 valence electrons. The molecule has 16 heteroatoms. The Morgan fingerprint density at radius 2 is 1.37 bits per heavy atom. The Morgan fingerprint density at radius 3 is 1.89 bits per heavy atom. The van der Waals surface area contributed by atoms with Gasteiger partial charge in [0.15, 0.2) is 35.2 Å². The molecular formula is C22H27ClN4O10S. The fraction of sp³-hybridized carbons (Fsp3) is 0.545. The number of fused-ring (bicyclic) bond motifs is 1. The molecule has 0 spiro atoms. The maximum atomic E-state index is 12.3. The third-order valence-electron chi connectivity index (χ3n) is 4.80. The molecule has 0 saturated carbocycles. The normalized spacial score (nSPS) is 14.9. The summed E-state index contributed by atoms with van der Waals surface area (Å²) in [5.41, 5.74) is 0.520.